The van der Waals surface area contributed by atoms with Crippen LogP contribution in [0.2, 0.25) is 0 Å². The Bertz CT molecular complexity index is 504. The summed E-state index contributed by atoms with van der Waals surface area (Å²) >= 11 is 1.89. The first-order valence-corrected chi connectivity index (χ1v) is 7.76. The molecule has 1 aromatic carbocycles. The summed E-state index contributed by atoms with van der Waals surface area (Å²) in [4.78, 5) is 24.6. The minimum Gasteiger partial charge on any atom is -0.334 e. The lowest BCUT2D eigenvalue weighted by Crippen LogP contribution is -2.49. The van der Waals surface area contributed by atoms with Crippen LogP contribution >= 0.6 is 11.8 Å². The number of carbonyl (C=O) groups excluding carboxylic acids is 1. The summed E-state index contributed by atoms with van der Waals surface area (Å²) in [5.74, 6) is 0.912. The lowest BCUT2D eigenvalue weighted by atomic mass is 10.1. The van der Waals surface area contributed by atoms with Gasteiger partial charge in [0.25, 0.3) is 11.6 Å². The van der Waals surface area contributed by atoms with Crippen LogP contribution in [-0.2, 0) is 0 Å². The molecule has 2 unspecified atom stereocenters. The molecule has 0 N–H and O–H groups in total. The molecule has 6 heteroatoms. The van der Waals surface area contributed by atoms with Gasteiger partial charge in [-0.2, -0.15) is 11.8 Å². The third-order valence-corrected chi connectivity index (χ3v) is 4.92. The minimum absolute atomic E-state index is 0.0103. The van der Waals surface area contributed by atoms with Crippen LogP contribution < -0.4 is 0 Å². The average molecular weight is 294 g/mol. The van der Waals surface area contributed by atoms with Crippen molar-refractivity contribution < 1.29 is 9.72 Å². The topological polar surface area (TPSA) is 63.5 Å². The highest BCUT2D eigenvalue weighted by Gasteiger charge is 2.31. The number of thioether (sulfide) groups is 1. The molecule has 5 nitrogen and oxygen atoms in total. The highest BCUT2D eigenvalue weighted by atomic mass is 32.2. The van der Waals surface area contributed by atoms with Crippen LogP contribution in [-0.4, -0.2) is 39.3 Å². The fraction of sp³-hybridized carbons (Fsp3) is 0.500. The zero-order valence-corrected chi connectivity index (χ0v) is 12.4. The number of nitrogens with zero attached hydrogens (tertiary/aromatic N) is 2. The molecule has 0 spiro atoms. The van der Waals surface area contributed by atoms with Gasteiger partial charge in [0.1, 0.15) is 0 Å². The summed E-state index contributed by atoms with van der Waals surface area (Å²) in [6, 6.07) is 6.09. The van der Waals surface area contributed by atoms with Gasteiger partial charge >= 0.3 is 0 Å². The molecule has 1 heterocycles. The molecule has 2 rings (SSSR count). The molecule has 20 heavy (non-hydrogen) atoms. The van der Waals surface area contributed by atoms with Gasteiger partial charge in [-0.1, -0.05) is 13.8 Å². The van der Waals surface area contributed by atoms with Gasteiger partial charge in [0, 0.05) is 41.3 Å². The van der Waals surface area contributed by atoms with E-state index in [-0.39, 0.29) is 17.6 Å². The summed E-state index contributed by atoms with van der Waals surface area (Å²) in [5.41, 5.74) is 0.532. The molecule has 0 bridgehead atoms. The van der Waals surface area contributed by atoms with Gasteiger partial charge in [0.2, 0.25) is 0 Å². The number of nitro groups is 1. The minimum atomic E-state index is -0.456. The first-order valence-electron chi connectivity index (χ1n) is 6.71. The third kappa shape index (κ3) is 2.95. The van der Waals surface area contributed by atoms with Crippen LogP contribution in [0.25, 0.3) is 0 Å². The lowest BCUT2D eigenvalue weighted by Gasteiger charge is -2.39. The van der Waals surface area contributed by atoms with E-state index < -0.39 is 4.92 Å². The highest BCUT2D eigenvalue weighted by molar-refractivity contribution is 8.00. The molecule has 108 valence electrons. The Morgan fingerprint density at radius 3 is 2.65 bits per heavy atom. The molecule has 1 aromatic rings. The standard InChI is InChI=1S/C14H18N2O3S/c1-3-13-10(2)20-9-8-15(13)14(17)11-4-6-12(7-5-11)16(18)19/h4-7,10,13H,3,8-9H2,1-2H3. The van der Waals surface area contributed by atoms with Gasteiger partial charge in [-0.3, -0.25) is 14.9 Å². The van der Waals surface area contributed by atoms with Crippen LogP contribution in [0.1, 0.15) is 30.6 Å². The molecule has 1 aliphatic heterocycles. The zero-order chi connectivity index (χ0) is 14.7. The molecule has 0 aromatic heterocycles. The van der Waals surface area contributed by atoms with Crippen molar-refractivity contribution in [3.63, 3.8) is 0 Å². The van der Waals surface area contributed by atoms with Gasteiger partial charge in [-0.15, -0.1) is 0 Å². The summed E-state index contributed by atoms with van der Waals surface area (Å²) in [5, 5.41) is 11.1. The smallest absolute Gasteiger partial charge is 0.269 e. The summed E-state index contributed by atoms with van der Waals surface area (Å²) < 4.78 is 0. The van der Waals surface area contributed by atoms with Crippen LogP contribution in [0.4, 0.5) is 5.69 Å². The number of nitro benzene ring substituents is 1. The fourth-order valence-electron chi connectivity index (χ4n) is 2.56. The first-order chi connectivity index (χ1) is 9.54. The Balaban J connectivity index is 2.19. The quantitative estimate of drug-likeness (QED) is 0.635. The number of amides is 1. The Morgan fingerprint density at radius 2 is 2.10 bits per heavy atom. The molecule has 0 radical (unpaired) electrons. The zero-order valence-electron chi connectivity index (χ0n) is 11.6. The van der Waals surface area contributed by atoms with E-state index in [1.807, 2.05) is 16.7 Å². The van der Waals surface area contributed by atoms with Gasteiger partial charge in [0.05, 0.1) is 4.92 Å². The van der Waals surface area contributed by atoms with Gasteiger partial charge < -0.3 is 4.90 Å². The normalized spacial score (nSPS) is 22.6. The van der Waals surface area contributed by atoms with Crippen molar-refractivity contribution in [3.05, 3.63) is 39.9 Å². The second-order valence-electron chi connectivity index (χ2n) is 4.85. The van der Waals surface area contributed by atoms with E-state index in [0.717, 1.165) is 18.7 Å². The van der Waals surface area contributed by atoms with Crippen molar-refractivity contribution in [2.75, 3.05) is 12.3 Å². The molecule has 1 aliphatic rings. The number of rotatable bonds is 3. The summed E-state index contributed by atoms with van der Waals surface area (Å²) in [7, 11) is 0. The maximum atomic E-state index is 12.5. The Labute approximate surface area is 122 Å². The molecule has 1 fully saturated rings. The molecular formula is C14H18N2O3S. The second-order valence-corrected chi connectivity index (χ2v) is 6.34. The van der Waals surface area contributed by atoms with Crippen molar-refractivity contribution in [1.82, 2.24) is 4.90 Å². The van der Waals surface area contributed by atoms with E-state index in [1.54, 1.807) is 12.1 Å². The molecule has 2 atom stereocenters. The van der Waals surface area contributed by atoms with Crippen LogP contribution in [0.15, 0.2) is 24.3 Å². The van der Waals surface area contributed by atoms with Crippen molar-refractivity contribution in [3.8, 4) is 0 Å². The van der Waals surface area contributed by atoms with E-state index in [9.17, 15) is 14.9 Å². The van der Waals surface area contributed by atoms with Crippen LogP contribution in [0.5, 0.6) is 0 Å². The average Bonchev–Trinajstić information content (AvgIpc) is 2.46. The summed E-state index contributed by atoms with van der Waals surface area (Å²) in [6.45, 7) is 4.97. The molecule has 1 saturated heterocycles. The van der Waals surface area contributed by atoms with Gasteiger partial charge in [-0.25, -0.2) is 0 Å². The Kier molecular flexibility index (Phi) is 4.65. The van der Waals surface area contributed by atoms with E-state index in [4.69, 9.17) is 0 Å². The van der Waals surface area contributed by atoms with Gasteiger partial charge in [0.15, 0.2) is 0 Å². The number of non-ortho nitro benzene ring substituents is 1. The second kappa shape index (κ2) is 6.26. The summed E-state index contributed by atoms with van der Waals surface area (Å²) in [6.07, 6.45) is 0.924. The molecule has 1 amide bonds. The molecule has 0 aliphatic carbocycles. The maximum absolute atomic E-state index is 12.5. The number of hydrogen-bond acceptors (Lipinski definition) is 4. The largest absolute Gasteiger partial charge is 0.334 e. The SMILES string of the molecule is CCC1C(C)SCCN1C(=O)c1ccc([N+](=O)[O-])cc1. The van der Waals surface area contributed by atoms with E-state index in [2.05, 4.69) is 13.8 Å². The maximum Gasteiger partial charge on any atom is 0.269 e. The van der Waals surface area contributed by atoms with Gasteiger partial charge in [-0.05, 0) is 18.6 Å². The molecular weight excluding hydrogens is 276 g/mol. The Morgan fingerprint density at radius 1 is 1.45 bits per heavy atom. The van der Waals surface area contributed by atoms with Crippen molar-refractivity contribution in [1.29, 1.82) is 0 Å². The Hall–Kier alpha value is -1.56. The predicted molar refractivity (Wildman–Crippen MR) is 80.1 cm³/mol. The number of hydrogen-bond donors (Lipinski definition) is 0. The number of carbonyl (C=O) groups is 1. The highest BCUT2D eigenvalue weighted by Crippen LogP contribution is 2.28. The van der Waals surface area contributed by atoms with Crippen LogP contribution in [0.3, 0.4) is 0 Å². The monoisotopic (exact) mass is 294 g/mol. The van der Waals surface area contributed by atoms with Crippen LogP contribution in [0, 0.1) is 10.1 Å². The lowest BCUT2D eigenvalue weighted by molar-refractivity contribution is -0.384. The predicted octanol–water partition coefficient (Wildman–Crippen LogP) is 2.95. The molecule has 0 saturated carbocycles. The fourth-order valence-corrected chi connectivity index (χ4v) is 3.80. The van der Waals surface area contributed by atoms with E-state index in [1.165, 1.54) is 12.1 Å². The number of benzene rings is 1. The first kappa shape index (κ1) is 14.8. The van der Waals surface area contributed by atoms with Crippen molar-refractivity contribution >= 4 is 23.4 Å². The third-order valence-electron chi connectivity index (χ3n) is 3.66. The van der Waals surface area contributed by atoms with Crippen molar-refractivity contribution in [2.24, 2.45) is 0 Å². The van der Waals surface area contributed by atoms with E-state index in [0.29, 0.717) is 10.8 Å². The van der Waals surface area contributed by atoms with E-state index >= 15 is 0 Å². The van der Waals surface area contributed by atoms with Crippen molar-refractivity contribution in [2.45, 2.75) is 31.6 Å².